The Morgan fingerprint density at radius 3 is 2.35 bits per heavy atom. The van der Waals surface area contributed by atoms with Gasteiger partial charge in [0.15, 0.2) is 0 Å². The van der Waals surface area contributed by atoms with Crippen LogP contribution in [0.3, 0.4) is 0 Å². The number of rotatable bonds is 1. The molecule has 2 aromatic carbocycles. The molecule has 0 unspecified atom stereocenters. The molecule has 0 saturated carbocycles. The Labute approximate surface area is 142 Å². The van der Waals surface area contributed by atoms with Crippen LogP contribution in [0.2, 0.25) is 13.5 Å². The average Bonchev–Trinajstić information content (AvgIpc) is 2.44. The molecule has 0 aromatic heterocycles. The maximum atomic E-state index is 12.5. The first-order valence-corrected chi connectivity index (χ1v) is 9.42. The van der Waals surface area contributed by atoms with E-state index in [0.717, 1.165) is 5.56 Å². The van der Waals surface area contributed by atoms with Crippen LogP contribution in [-0.2, 0) is 0 Å². The molecule has 0 amide bonds. The van der Waals surface area contributed by atoms with Crippen LogP contribution in [0.15, 0.2) is 42.5 Å². The fraction of sp³-hybridized carbons (Fsp3) is 0.133. The summed E-state index contributed by atoms with van der Waals surface area (Å²) >= 11 is 12.3. The van der Waals surface area contributed by atoms with E-state index >= 15 is 0 Å². The van der Waals surface area contributed by atoms with E-state index in [4.69, 9.17) is 27.9 Å². The molecule has 0 saturated heterocycles. The molecule has 2 aromatic rings. The van der Waals surface area contributed by atoms with Gasteiger partial charge >= 0.3 is 143 Å². The monoisotopic (exact) mass is 496 g/mol. The summed E-state index contributed by atoms with van der Waals surface area (Å²) in [6.07, 6.45) is -0.224. The number of hydrogen-bond donors (Lipinski definition) is 0. The van der Waals surface area contributed by atoms with Gasteiger partial charge in [-0.25, -0.2) is 0 Å². The number of benzene rings is 2. The van der Waals surface area contributed by atoms with Gasteiger partial charge in [0.2, 0.25) is 0 Å². The minimum absolute atomic E-state index is 0.0952. The Morgan fingerprint density at radius 2 is 1.65 bits per heavy atom. The Hall–Kier alpha value is -0.588. The van der Waals surface area contributed by atoms with Crippen LogP contribution in [-0.4, -0.2) is 31.6 Å². The summed E-state index contributed by atoms with van der Waals surface area (Å²) in [4.78, 5) is 12.5. The minimum atomic E-state index is -0.224. The van der Waals surface area contributed by atoms with E-state index in [0.29, 0.717) is 47.1 Å². The first-order chi connectivity index (χ1) is 9.56. The third-order valence-corrected chi connectivity index (χ3v) is 6.31. The van der Waals surface area contributed by atoms with Crippen molar-refractivity contribution >= 4 is 54.8 Å². The molecule has 1 aliphatic heterocycles. The Balaban J connectivity index is 2.02. The second-order valence-corrected chi connectivity index (χ2v) is 8.29. The van der Waals surface area contributed by atoms with Gasteiger partial charge in [0.1, 0.15) is 0 Å². The summed E-state index contributed by atoms with van der Waals surface area (Å²) in [7, 11) is 0. The van der Waals surface area contributed by atoms with Crippen LogP contribution in [0, 0.1) is 0 Å². The van der Waals surface area contributed by atoms with Crippen molar-refractivity contribution in [2.24, 2.45) is 0 Å². The zero-order valence-electron chi connectivity index (χ0n) is 10.3. The molecule has 0 fully saturated rings. The Kier molecular flexibility index (Phi) is 4.06. The SMILES string of the molecule is O=C1c2cc(Cl)ccc2O[C@@H](c2ccc(Cl)cc2)[C@@H]1[Tl]. The number of ketones is 1. The summed E-state index contributed by atoms with van der Waals surface area (Å²) in [6, 6.07) is 12.6. The van der Waals surface area contributed by atoms with Crippen molar-refractivity contribution in [2.75, 3.05) is 0 Å². The quantitative estimate of drug-likeness (QED) is 0.552. The molecule has 0 radical (unpaired) electrons. The van der Waals surface area contributed by atoms with Gasteiger partial charge in [0.25, 0.3) is 0 Å². The molecule has 20 heavy (non-hydrogen) atoms. The number of halogens is 2. The summed E-state index contributed by atoms with van der Waals surface area (Å²) in [5.41, 5.74) is 1.58. The molecule has 0 aliphatic carbocycles. The van der Waals surface area contributed by atoms with Gasteiger partial charge < -0.3 is 0 Å². The van der Waals surface area contributed by atoms with Gasteiger partial charge in [0, 0.05) is 0 Å². The summed E-state index contributed by atoms with van der Waals surface area (Å²) in [6.45, 7) is 0. The van der Waals surface area contributed by atoms with E-state index in [1.165, 1.54) is 0 Å². The zero-order chi connectivity index (χ0) is 14.3. The molecule has 0 N–H and O–H groups in total. The Bertz CT molecular complexity index is 670. The van der Waals surface area contributed by atoms with Gasteiger partial charge in [-0.1, -0.05) is 0 Å². The van der Waals surface area contributed by atoms with Crippen molar-refractivity contribution in [1.82, 2.24) is 0 Å². The first kappa shape index (κ1) is 14.4. The van der Waals surface area contributed by atoms with E-state index in [1.807, 2.05) is 24.3 Å². The van der Waals surface area contributed by atoms with Gasteiger partial charge in [-0.3, -0.25) is 0 Å². The molecule has 0 spiro atoms. The molecular formula is C15H9Cl2O2Tl. The predicted octanol–water partition coefficient (Wildman–Crippen LogP) is 4.27. The van der Waals surface area contributed by atoms with Crippen molar-refractivity contribution in [3.05, 3.63) is 63.6 Å². The maximum absolute atomic E-state index is 12.5. The molecule has 1 aliphatic rings. The van der Waals surface area contributed by atoms with Crippen LogP contribution in [0.5, 0.6) is 5.75 Å². The van der Waals surface area contributed by atoms with Crippen molar-refractivity contribution < 1.29 is 9.53 Å². The van der Waals surface area contributed by atoms with Crippen LogP contribution in [0.25, 0.3) is 0 Å². The van der Waals surface area contributed by atoms with Gasteiger partial charge in [0.05, 0.1) is 0 Å². The van der Waals surface area contributed by atoms with E-state index in [-0.39, 0.29) is 15.4 Å². The van der Waals surface area contributed by atoms with Gasteiger partial charge in [-0.2, -0.15) is 0 Å². The number of carbonyl (C=O) groups excluding carboxylic acids is 1. The summed E-state index contributed by atoms with van der Waals surface area (Å²) < 4.78 is 5.92. The second-order valence-electron chi connectivity index (χ2n) is 4.62. The number of Topliss-reactive ketones (excluding diaryl/α,β-unsaturated/α-hetero) is 1. The third-order valence-electron chi connectivity index (χ3n) is 3.29. The number of carbonyl (C=O) groups is 1. The fourth-order valence-electron chi connectivity index (χ4n) is 2.25. The molecule has 2 nitrogen and oxygen atoms in total. The molecule has 2 atom stereocenters. The molecule has 3 rings (SSSR count). The van der Waals surface area contributed by atoms with Crippen LogP contribution < -0.4 is 4.74 Å². The van der Waals surface area contributed by atoms with Crippen LogP contribution in [0.1, 0.15) is 22.0 Å². The summed E-state index contributed by atoms with van der Waals surface area (Å²) in [5.74, 6) is 0.731. The van der Waals surface area contributed by atoms with Crippen molar-refractivity contribution in [3.63, 3.8) is 0 Å². The van der Waals surface area contributed by atoms with Crippen LogP contribution >= 0.6 is 23.2 Å². The van der Waals surface area contributed by atoms with E-state index in [2.05, 4.69) is 0 Å². The third kappa shape index (κ3) is 2.61. The molecule has 1 heterocycles. The van der Waals surface area contributed by atoms with Crippen molar-refractivity contribution in [2.45, 2.75) is 9.58 Å². The fourth-order valence-corrected chi connectivity index (χ4v) is 4.42. The van der Waals surface area contributed by atoms with Crippen LogP contribution in [0.4, 0.5) is 0 Å². The van der Waals surface area contributed by atoms with Gasteiger partial charge in [-0.15, -0.1) is 0 Å². The van der Waals surface area contributed by atoms with Crippen molar-refractivity contribution in [1.29, 1.82) is 0 Å². The molecule has 5 heteroatoms. The van der Waals surface area contributed by atoms with E-state index < -0.39 is 0 Å². The van der Waals surface area contributed by atoms with E-state index in [9.17, 15) is 4.79 Å². The normalized spacial score (nSPS) is 21.1. The molecular weight excluding hydrogens is 487 g/mol. The average molecular weight is 497 g/mol. The number of ether oxygens (including phenoxy) is 1. The Morgan fingerprint density at radius 1 is 1.00 bits per heavy atom. The number of fused-ring (bicyclic) bond motifs is 1. The molecule has 0 bridgehead atoms. The summed E-state index contributed by atoms with van der Waals surface area (Å²) in [5, 5.41) is 1.23. The van der Waals surface area contributed by atoms with Gasteiger partial charge in [-0.05, 0) is 0 Å². The second kappa shape index (κ2) is 5.66. The zero-order valence-corrected chi connectivity index (χ0v) is 16.3. The molecule has 98 valence electrons. The van der Waals surface area contributed by atoms with E-state index in [1.54, 1.807) is 18.2 Å². The topological polar surface area (TPSA) is 26.3 Å². The number of hydrogen-bond acceptors (Lipinski definition) is 2. The standard InChI is InChI=1S/C15H9Cl2O2.Tl/c16-10-3-1-9(2-4-10)15-8-13(18)12-7-11(17)5-6-14(12)19-15;/h1-8,15H;/t15-;/m1./s1. The predicted molar refractivity (Wildman–Crippen MR) is 80.1 cm³/mol. The van der Waals surface area contributed by atoms with Crippen molar-refractivity contribution in [3.8, 4) is 5.75 Å². The first-order valence-electron chi connectivity index (χ1n) is 6.08.